The molecule has 2 rings (SSSR count). The molecule has 1 aromatic carbocycles. The molecule has 0 aliphatic carbocycles. The van der Waals surface area contributed by atoms with E-state index in [1.165, 1.54) is 19.9 Å². The number of ether oxygens (including phenoxy) is 2. The highest BCUT2D eigenvalue weighted by atomic mass is 35.5. The van der Waals surface area contributed by atoms with E-state index in [2.05, 4.69) is 9.47 Å². The van der Waals surface area contributed by atoms with Crippen molar-refractivity contribution < 1.29 is 55.6 Å². The minimum absolute atomic E-state index is 0.542. The molecule has 15 heteroatoms. The van der Waals surface area contributed by atoms with Gasteiger partial charge >= 0.3 is 24.3 Å². The Morgan fingerprint density at radius 2 is 1.26 bits per heavy atom. The van der Waals surface area contributed by atoms with Crippen molar-refractivity contribution in [1.82, 2.24) is 5.32 Å². The second-order valence-electron chi connectivity index (χ2n) is 7.27. The van der Waals surface area contributed by atoms with Gasteiger partial charge < -0.3 is 19.7 Å². The zero-order valence-electron chi connectivity index (χ0n) is 17.4. The van der Waals surface area contributed by atoms with Crippen molar-refractivity contribution in [2.45, 2.75) is 43.6 Å². The minimum Gasteiger partial charge on any atom is -0.466 e. The Balaban J connectivity index is 3.06. The average molecular weight is 542 g/mol. The second-order valence-corrected chi connectivity index (χ2v) is 8.09. The van der Waals surface area contributed by atoms with Crippen LogP contribution in [0.4, 0.5) is 26.3 Å². The van der Waals surface area contributed by atoms with Crippen molar-refractivity contribution in [3.05, 3.63) is 33.8 Å². The number of hydrogen-bond donors (Lipinski definition) is 3. The summed E-state index contributed by atoms with van der Waals surface area (Å²) in [5, 5.41) is 20.7. The highest BCUT2D eigenvalue weighted by Crippen LogP contribution is 2.57. The van der Waals surface area contributed by atoms with Crippen LogP contribution in [-0.2, 0) is 19.1 Å². The van der Waals surface area contributed by atoms with E-state index >= 15 is 0 Å². The summed E-state index contributed by atoms with van der Waals surface area (Å²) >= 11 is 12.1. The molecule has 0 aromatic heterocycles. The van der Waals surface area contributed by atoms with E-state index in [9.17, 15) is 46.1 Å². The highest BCUT2D eigenvalue weighted by Gasteiger charge is 2.78. The quantitative estimate of drug-likeness (QED) is 0.387. The Hall–Kier alpha value is -1.80. The van der Waals surface area contributed by atoms with Gasteiger partial charge in [-0.05, 0) is 31.5 Å². The normalized spacial score (nSPS) is 30.1. The molecule has 34 heavy (non-hydrogen) atoms. The minimum atomic E-state index is -6.00. The van der Waals surface area contributed by atoms with Crippen LogP contribution in [0.1, 0.15) is 25.3 Å². The molecule has 4 atom stereocenters. The Bertz CT molecular complexity index is 877. The van der Waals surface area contributed by atoms with Gasteiger partial charge in [0, 0.05) is 16.0 Å². The number of alkyl halides is 6. The summed E-state index contributed by atoms with van der Waals surface area (Å²) in [6, 6.07) is 3.24. The van der Waals surface area contributed by atoms with Gasteiger partial charge in [-0.15, -0.1) is 0 Å². The molecule has 0 saturated carbocycles. The van der Waals surface area contributed by atoms with Gasteiger partial charge in [-0.25, -0.2) is 5.32 Å². The number of carbonyl (C=O) groups is 2. The first-order chi connectivity index (χ1) is 15.5. The van der Waals surface area contributed by atoms with E-state index in [0.29, 0.717) is 5.32 Å². The van der Waals surface area contributed by atoms with Crippen molar-refractivity contribution in [2.75, 3.05) is 13.2 Å². The third-order valence-electron chi connectivity index (χ3n) is 5.28. The molecule has 0 spiro atoms. The van der Waals surface area contributed by atoms with E-state index in [1.54, 1.807) is 0 Å². The number of aliphatic hydroxyl groups is 2. The lowest BCUT2D eigenvalue weighted by Crippen LogP contribution is -2.81. The molecule has 0 amide bonds. The van der Waals surface area contributed by atoms with Gasteiger partial charge in [0.15, 0.2) is 0 Å². The van der Waals surface area contributed by atoms with Crippen molar-refractivity contribution in [3.8, 4) is 0 Å². The van der Waals surface area contributed by atoms with Crippen LogP contribution in [0.2, 0.25) is 10.0 Å². The fourth-order valence-corrected chi connectivity index (χ4v) is 4.56. The molecule has 3 N–H and O–H groups in total. The molecule has 7 nitrogen and oxygen atoms in total. The van der Waals surface area contributed by atoms with Gasteiger partial charge in [0.1, 0.15) is 11.8 Å². The first-order valence-corrected chi connectivity index (χ1v) is 10.4. The van der Waals surface area contributed by atoms with Gasteiger partial charge in [0.2, 0.25) is 11.4 Å². The van der Waals surface area contributed by atoms with Crippen LogP contribution in [0.25, 0.3) is 0 Å². The predicted octanol–water partition coefficient (Wildman–Crippen LogP) is 3.54. The zero-order chi connectivity index (χ0) is 26.3. The van der Waals surface area contributed by atoms with Crippen LogP contribution < -0.4 is 5.32 Å². The van der Waals surface area contributed by atoms with Gasteiger partial charge in [-0.1, -0.05) is 29.3 Å². The molecule has 1 aliphatic heterocycles. The molecular formula is C19H19Cl2F6NO6. The van der Waals surface area contributed by atoms with Crippen molar-refractivity contribution in [3.63, 3.8) is 0 Å². The molecule has 192 valence electrons. The lowest BCUT2D eigenvalue weighted by atomic mass is 9.64. The number of benzene rings is 1. The Morgan fingerprint density at radius 1 is 0.912 bits per heavy atom. The van der Waals surface area contributed by atoms with Crippen molar-refractivity contribution >= 4 is 35.1 Å². The van der Waals surface area contributed by atoms with E-state index in [0.717, 1.165) is 12.1 Å². The Labute approximate surface area is 198 Å². The number of halogens is 8. The van der Waals surface area contributed by atoms with Crippen LogP contribution in [0.15, 0.2) is 18.2 Å². The molecule has 0 radical (unpaired) electrons. The van der Waals surface area contributed by atoms with Crippen LogP contribution in [-0.4, -0.2) is 59.2 Å². The standard InChI is InChI=1S/C19H19Cl2F6NO6/c1-3-33-14(29)12-11(10-8(20)6-5-7-9(10)21)13(15(30)34-4-2)17(32,19(25,26)27)28-16(12,31)18(22,23)24/h5-7,11-13,28,31-32H,3-4H2,1-2H3. The van der Waals surface area contributed by atoms with Crippen LogP contribution in [0.5, 0.6) is 0 Å². The summed E-state index contributed by atoms with van der Waals surface area (Å²) in [6.07, 6.45) is -12.0. The molecule has 1 aliphatic rings. The summed E-state index contributed by atoms with van der Waals surface area (Å²) in [7, 11) is 0. The molecule has 1 fully saturated rings. The zero-order valence-corrected chi connectivity index (χ0v) is 18.9. The van der Waals surface area contributed by atoms with Gasteiger partial charge in [0.25, 0.3) is 0 Å². The summed E-state index contributed by atoms with van der Waals surface area (Å²) in [4.78, 5) is 25.5. The maximum absolute atomic E-state index is 14.1. The third kappa shape index (κ3) is 4.68. The number of nitrogens with one attached hydrogen (secondary N) is 1. The van der Waals surface area contributed by atoms with Gasteiger partial charge in [-0.2, -0.15) is 26.3 Å². The van der Waals surface area contributed by atoms with Crippen LogP contribution >= 0.6 is 23.2 Å². The number of carbonyl (C=O) groups excluding carboxylic acids is 2. The molecule has 4 unspecified atom stereocenters. The molecule has 0 bridgehead atoms. The van der Waals surface area contributed by atoms with Crippen LogP contribution in [0.3, 0.4) is 0 Å². The van der Waals surface area contributed by atoms with E-state index < -0.39 is 82.3 Å². The molecule has 1 heterocycles. The number of piperidine rings is 1. The lowest BCUT2D eigenvalue weighted by Gasteiger charge is -2.54. The topological polar surface area (TPSA) is 105 Å². The van der Waals surface area contributed by atoms with Crippen LogP contribution in [0, 0.1) is 11.8 Å². The Morgan fingerprint density at radius 3 is 1.56 bits per heavy atom. The van der Waals surface area contributed by atoms with E-state index in [4.69, 9.17) is 23.2 Å². The van der Waals surface area contributed by atoms with Crippen molar-refractivity contribution in [2.24, 2.45) is 11.8 Å². The maximum Gasteiger partial charge on any atom is 0.432 e. The van der Waals surface area contributed by atoms with E-state index in [1.807, 2.05) is 0 Å². The van der Waals surface area contributed by atoms with Gasteiger partial charge in [-0.3, -0.25) is 9.59 Å². The SMILES string of the molecule is CCOC(=O)C1C(c2c(Cl)cccc2Cl)C(C(=O)OCC)C(O)(C(F)(F)F)NC1(O)C(F)(F)F. The largest absolute Gasteiger partial charge is 0.466 e. The molecule has 1 saturated heterocycles. The smallest absolute Gasteiger partial charge is 0.432 e. The van der Waals surface area contributed by atoms with Crippen molar-refractivity contribution in [1.29, 1.82) is 0 Å². The fourth-order valence-electron chi connectivity index (χ4n) is 3.91. The van der Waals surface area contributed by atoms with E-state index in [-0.39, 0.29) is 0 Å². The molecule has 1 aromatic rings. The summed E-state index contributed by atoms with van der Waals surface area (Å²) < 4.78 is 93.8. The number of esters is 2. The predicted molar refractivity (Wildman–Crippen MR) is 105 cm³/mol. The third-order valence-corrected chi connectivity index (χ3v) is 5.94. The fraction of sp³-hybridized carbons (Fsp3) is 0.579. The second kappa shape index (κ2) is 9.69. The Kier molecular flexibility index (Phi) is 8.10. The number of hydrogen-bond acceptors (Lipinski definition) is 7. The summed E-state index contributed by atoms with van der Waals surface area (Å²) in [5.41, 5.74) is -10.2. The summed E-state index contributed by atoms with van der Waals surface area (Å²) in [6.45, 7) is 1.29. The van der Waals surface area contributed by atoms with Gasteiger partial charge in [0.05, 0.1) is 13.2 Å². The summed E-state index contributed by atoms with van der Waals surface area (Å²) in [5.74, 6) is -12.3. The molecular weight excluding hydrogens is 523 g/mol. The first kappa shape index (κ1) is 28.4. The maximum atomic E-state index is 14.1. The monoisotopic (exact) mass is 541 g/mol. The number of rotatable bonds is 5. The lowest BCUT2D eigenvalue weighted by molar-refractivity contribution is -0.376. The first-order valence-electron chi connectivity index (χ1n) is 9.62. The highest BCUT2D eigenvalue weighted by molar-refractivity contribution is 6.36. The average Bonchev–Trinajstić information content (AvgIpc) is 2.66.